The van der Waals surface area contributed by atoms with Crippen LogP contribution in [-0.2, 0) is 7.05 Å². The minimum atomic E-state index is -0.206. The van der Waals surface area contributed by atoms with Crippen molar-refractivity contribution in [1.29, 1.82) is 0 Å². The Kier molecular flexibility index (Phi) is 7.25. The molecule has 0 saturated carbocycles. The summed E-state index contributed by atoms with van der Waals surface area (Å²) >= 11 is 0. The Morgan fingerprint density at radius 3 is 2.48 bits per heavy atom. The monoisotopic (exact) mass is 423 g/mol. The zero-order valence-electron chi connectivity index (χ0n) is 19.3. The van der Waals surface area contributed by atoms with Crippen LogP contribution in [0, 0.1) is 0 Å². The molecule has 1 aliphatic heterocycles. The van der Waals surface area contributed by atoms with Gasteiger partial charge in [-0.3, -0.25) is 14.5 Å². The van der Waals surface area contributed by atoms with Gasteiger partial charge in [-0.2, -0.15) is 5.10 Å². The molecule has 31 heavy (non-hydrogen) atoms. The molecular formula is C23H33N7O. The van der Waals surface area contributed by atoms with Gasteiger partial charge in [-0.25, -0.2) is 10.0 Å². The van der Waals surface area contributed by atoms with Crippen molar-refractivity contribution in [3.63, 3.8) is 0 Å². The maximum atomic E-state index is 12.6. The Balaban J connectivity index is 1.59. The van der Waals surface area contributed by atoms with Gasteiger partial charge in [-0.1, -0.05) is 26.0 Å². The number of carbonyl (C=O) groups excluding carboxylic acids is 1. The smallest absolute Gasteiger partial charge is 0.276 e. The van der Waals surface area contributed by atoms with Gasteiger partial charge in [0.15, 0.2) is 5.69 Å². The molecule has 1 atom stereocenters. The summed E-state index contributed by atoms with van der Waals surface area (Å²) in [4.78, 5) is 17.2. The van der Waals surface area contributed by atoms with Crippen molar-refractivity contribution in [3.8, 4) is 0 Å². The number of anilines is 1. The van der Waals surface area contributed by atoms with Crippen LogP contribution in [0.4, 0.5) is 5.69 Å². The maximum absolute atomic E-state index is 12.6. The fraction of sp³-hybridized carbons (Fsp3) is 0.435. The Hall–Kier alpha value is -2.97. The maximum Gasteiger partial charge on any atom is 0.276 e. The molecule has 1 saturated heterocycles. The number of benzene rings is 1. The number of hydrazine groups is 1. The molecule has 0 spiro atoms. The van der Waals surface area contributed by atoms with Crippen LogP contribution in [0.25, 0.3) is 0 Å². The highest BCUT2D eigenvalue weighted by molar-refractivity contribution is 6.03. The molecular weight excluding hydrogens is 390 g/mol. The third-order valence-electron chi connectivity index (χ3n) is 5.47. The van der Waals surface area contributed by atoms with Gasteiger partial charge in [-0.15, -0.1) is 0 Å². The molecule has 3 rings (SSSR count). The molecule has 1 fully saturated rings. The average Bonchev–Trinajstić information content (AvgIpc) is 3.27. The van der Waals surface area contributed by atoms with E-state index in [1.54, 1.807) is 10.9 Å². The number of aromatic nitrogens is 2. The molecule has 2 heterocycles. The summed E-state index contributed by atoms with van der Waals surface area (Å²) in [5.74, 6) is 0.102. The predicted octanol–water partition coefficient (Wildman–Crippen LogP) is 3.15. The summed E-state index contributed by atoms with van der Waals surface area (Å²) in [6, 6.07) is 9.75. The van der Waals surface area contributed by atoms with E-state index in [-0.39, 0.29) is 11.9 Å². The number of aliphatic imine (C=N–C) groups is 1. The molecule has 0 aliphatic carbocycles. The number of carbonyl (C=O) groups is 1. The number of nitrogens with zero attached hydrogens (tertiary/aromatic N) is 5. The number of rotatable bonds is 7. The normalized spacial score (nSPS) is 16.3. The Morgan fingerprint density at radius 1 is 1.13 bits per heavy atom. The first-order valence-electron chi connectivity index (χ1n) is 10.6. The molecule has 8 nitrogen and oxygen atoms in total. The van der Waals surface area contributed by atoms with Crippen molar-refractivity contribution in [2.45, 2.75) is 32.7 Å². The lowest BCUT2D eigenvalue weighted by atomic mass is 10.1. The number of aryl methyl sites for hydroxylation is 1. The van der Waals surface area contributed by atoms with Crippen LogP contribution in [0.1, 0.15) is 54.5 Å². The van der Waals surface area contributed by atoms with Crippen LogP contribution < -0.4 is 10.6 Å². The second-order valence-electron chi connectivity index (χ2n) is 8.34. The zero-order chi connectivity index (χ0) is 22.5. The predicted molar refractivity (Wildman–Crippen MR) is 125 cm³/mol. The SMILES string of the molecule is CC(C)c1cc(C(=O)Nc2cccc(C(C)NC=CN=C3CN(C)N(C)C3)c2)nn1C. The fourth-order valence-corrected chi connectivity index (χ4v) is 3.54. The summed E-state index contributed by atoms with van der Waals surface area (Å²) in [5, 5.41) is 14.9. The van der Waals surface area contributed by atoms with E-state index < -0.39 is 0 Å². The number of amides is 1. The summed E-state index contributed by atoms with van der Waals surface area (Å²) in [5.41, 5.74) is 4.40. The largest absolute Gasteiger partial charge is 0.383 e. The van der Waals surface area contributed by atoms with Crippen LogP contribution >= 0.6 is 0 Å². The summed E-state index contributed by atoms with van der Waals surface area (Å²) < 4.78 is 1.76. The molecule has 1 aliphatic rings. The average molecular weight is 424 g/mol. The first kappa shape index (κ1) is 22.7. The van der Waals surface area contributed by atoms with Crippen molar-refractivity contribution >= 4 is 17.3 Å². The number of nitrogens with one attached hydrogen (secondary N) is 2. The van der Waals surface area contributed by atoms with E-state index >= 15 is 0 Å². The molecule has 166 valence electrons. The minimum Gasteiger partial charge on any atom is -0.383 e. The van der Waals surface area contributed by atoms with E-state index in [2.05, 4.69) is 65.6 Å². The standard InChI is InChI=1S/C23H33N7O/c1-16(2)22-13-21(27-30(22)6)23(31)26-19-9-7-8-18(12-19)17(3)24-10-11-25-20-14-28(4)29(5)15-20/h7-13,16-17,24H,14-15H2,1-6H3,(H,26,31). The summed E-state index contributed by atoms with van der Waals surface area (Å²) in [7, 11) is 5.96. The molecule has 1 aromatic heterocycles. The molecule has 2 aromatic rings. The molecule has 8 heteroatoms. The first-order valence-corrected chi connectivity index (χ1v) is 10.6. The van der Waals surface area contributed by atoms with Gasteiger partial charge < -0.3 is 10.6 Å². The molecule has 1 amide bonds. The van der Waals surface area contributed by atoms with Crippen molar-refractivity contribution in [3.05, 3.63) is 59.7 Å². The van der Waals surface area contributed by atoms with Crippen molar-refractivity contribution < 1.29 is 4.79 Å². The van der Waals surface area contributed by atoms with Gasteiger partial charge in [0.05, 0.1) is 13.1 Å². The van der Waals surface area contributed by atoms with Gasteiger partial charge in [0.2, 0.25) is 0 Å². The Labute approximate surface area is 184 Å². The first-order chi connectivity index (χ1) is 14.7. The topological polar surface area (TPSA) is 77.8 Å². The molecule has 0 radical (unpaired) electrons. The van der Waals surface area contributed by atoms with E-state index in [9.17, 15) is 4.79 Å². The van der Waals surface area contributed by atoms with Crippen LogP contribution in [0.2, 0.25) is 0 Å². The number of hydrogen-bond acceptors (Lipinski definition) is 6. The highest BCUT2D eigenvalue weighted by atomic mass is 16.1. The fourth-order valence-electron chi connectivity index (χ4n) is 3.54. The van der Waals surface area contributed by atoms with Crippen LogP contribution in [0.5, 0.6) is 0 Å². The van der Waals surface area contributed by atoms with Gasteiger partial charge in [-0.05, 0) is 36.6 Å². The van der Waals surface area contributed by atoms with E-state index in [1.165, 1.54) is 0 Å². The lowest BCUT2D eigenvalue weighted by Crippen LogP contribution is -2.28. The van der Waals surface area contributed by atoms with E-state index in [0.29, 0.717) is 11.6 Å². The van der Waals surface area contributed by atoms with Gasteiger partial charge in [0, 0.05) is 56.7 Å². The second-order valence-corrected chi connectivity index (χ2v) is 8.34. The zero-order valence-corrected chi connectivity index (χ0v) is 19.3. The van der Waals surface area contributed by atoms with E-state index in [1.807, 2.05) is 43.6 Å². The summed E-state index contributed by atoms with van der Waals surface area (Å²) in [6.07, 6.45) is 3.67. The highest BCUT2D eigenvalue weighted by Crippen LogP contribution is 2.19. The molecule has 2 N–H and O–H groups in total. The lowest BCUT2D eigenvalue weighted by molar-refractivity contribution is 0.0894. The van der Waals surface area contributed by atoms with Gasteiger partial charge >= 0.3 is 0 Å². The Morgan fingerprint density at radius 2 is 1.84 bits per heavy atom. The van der Waals surface area contributed by atoms with E-state index in [0.717, 1.165) is 35.7 Å². The third-order valence-corrected chi connectivity index (χ3v) is 5.47. The molecule has 1 unspecified atom stereocenters. The number of hydrogen-bond donors (Lipinski definition) is 2. The van der Waals surface area contributed by atoms with Crippen LogP contribution in [0.3, 0.4) is 0 Å². The second kappa shape index (κ2) is 9.89. The lowest BCUT2D eigenvalue weighted by Gasteiger charge is -2.15. The van der Waals surface area contributed by atoms with E-state index in [4.69, 9.17) is 0 Å². The molecule has 0 bridgehead atoms. The van der Waals surface area contributed by atoms with Crippen LogP contribution in [-0.4, -0.2) is 58.6 Å². The minimum absolute atomic E-state index is 0.0737. The van der Waals surface area contributed by atoms with Crippen molar-refractivity contribution in [2.75, 3.05) is 32.5 Å². The van der Waals surface area contributed by atoms with Gasteiger partial charge in [0.1, 0.15) is 0 Å². The summed E-state index contributed by atoms with van der Waals surface area (Å²) in [6.45, 7) is 7.95. The third kappa shape index (κ3) is 5.80. The van der Waals surface area contributed by atoms with Crippen molar-refractivity contribution in [2.24, 2.45) is 12.0 Å². The van der Waals surface area contributed by atoms with Crippen LogP contribution in [0.15, 0.2) is 47.7 Å². The van der Waals surface area contributed by atoms with Gasteiger partial charge in [0.25, 0.3) is 5.91 Å². The Bertz CT molecular complexity index is 964. The molecule has 1 aromatic carbocycles. The quantitative estimate of drug-likeness (QED) is 0.715. The van der Waals surface area contributed by atoms with Crippen molar-refractivity contribution in [1.82, 2.24) is 25.1 Å². The highest BCUT2D eigenvalue weighted by Gasteiger charge is 2.19.